The van der Waals surface area contributed by atoms with E-state index in [4.69, 9.17) is 11.6 Å². The lowest BCUT2D eigenvalue weighted by molar-refractivity contribution is 0.452. The van der Waals surface area contributed by atoms with Crippen molar-refractivity contribution >= 4 is 11.6 Å². The van der Waals surface area contributed by atoms with Crippen LogP contribution in [-0.4, -0.2) is 9.55 Å². The summed E-state index contributed by atoms with van der Waals surface area (Å²) in [6, 6.07) is -0.187. The maximum atomic E-state index is 13.2. The number of rotatable bonds is 1. The lowest BCUT2D eigenvalue weighted by Crippen LogP contribution is -2.39. The Morgan fingerprint density at radius 3 is 2.53 bits per heavy atom. The van der Waals surface area contributed by atoms with E-state index in [1.165, 1.54) is 0 Å². The van der Waals surface area contributed by atoms with Crippen molar-refractivity contribution in [3.63, 3.8) is 0 Å². The van der Waals surface area contributed by atoms with Crippen LogP contribution in [0.5, 0.6) is 0 Å². The van der Waals surface area contributed by atoms with Crippen LogP contribution in [0.1, 0.15) is 31.7 Å². The zero-order chi connectivity index (χ0) is 11.0. The molecule has 1 aromatic heterocycles. The molecule has 0 atom stereocenters. The zero-order valence-corrected chi connectivity index (χ0v) is 8.68. The van der Waals surface area contributed by atoms with Crippen LogP contribution in [0.15, 0.2) is 9.59 Å². The first kappa shape index (κ1) is 10.4. The van der Waals surface area contributed by atoms with Crippen LogP contribution in [0.4, 0.5) is 4.39 Å². The van der Waals surface area contributed by atoms with Crippen LogP contribution in [0.3, 0.4) is 0 Å². The number of nitrogens with zero attached hydrogens (tertiary/aromatic N) is 1. The fourth-order valence-electron chi connectivity index (χ4n) is 1.99. The molecule has 0 aromatic carbocycles. The van der Waals surface area contributed by atoms with Gasteiger partial charge in [0.25, 0.3) is 5.56 Å². The third-order valence-electron chi connectivity index (χ3n) is 2.72. The summed E-state index contributed by atoms with van der Waals surface area (Å²) in [6.45, 7) is 0. The number of hydrogen-bond donors (Lipinski definition) is 1. The van der Waals surface area contributed by atoms with Gasteiger partial charge in [0.15, 0.2) is 5.15 Å². The molecule has 0 bridgehead atoms. The van der Waals surface area contributed by atoms with E-state index in [0.717, 1.165) is 30.3 Å². The SMILES string of the molecule is O=c1[nH]c(Cl)c(F)c(=O)n1C1CCCC1. The van der Waals surface area contributed by atoms with Gasteiger partial charge < -0.3 is 0 Å². The molecule has 1 aromatic rings. The Hall–Kier alpha value is -1.10. The molecule has 1 aliphatic carbocycles. The van der Waals surface area contributed by atoms with Crippen LogP contribution in [-0.2, 0) is 0 Å². The van der Waals surface area contributed by atoms with Crippen molar-refractivity contribution in [1.82, 2.24) is 9.55 Å². The highest BCUT2D eigenvalue weighted by Crippen LogP contribution is 2.27. The quantitative estimate of drug-likeness (QED) is 0.745. The molecule has 1 heterocycles. The van der Waals surface area contributed by atoms with Crippen molar-refractivity contribution in [2.75, 3.05) is 0 Å². The van der Waals surface area contributed by atoms with Gasteiger partial charge in [0.2, 0.25) is 5.82 Å². The molecule has 0 radical (unpaired) electrons. The number of hydrogen-bond acceptors (Lipinski definition) is 2. The molecule has 0 spiro atoms. The number of H-pyrrole nitrogens is 1. The highest BCUT2D eigenvalue weighted by atomic mass is 35.5. The fraction of sp³-hybridized carbons (Fsp3) is 0.556. The molecular formula is C9H10ClFN2O2. The molecule has 1 saturated carbocycles. The van der Waals surface area contributed by atoms with Crippen molar-refractivity contribution < 1.29 is 4.39 Å². The summed E-state index contributed by atoms with van der Waals surface area (Å²) < 4.78 is 14.1. The first-order valence-corrected chi connectivity index (χ1v) is 5.19. The van der Waals surface area contributed by atoms with Gasteiger partial charge in [0.1, 0.15) is 0 Å². The van der Waals surface area contributed by atoms with Gasteiger partial charge in [-0.15, -0.1) is 0 Å². The minimum atomic E-state index is -1.08. The van der Waals surface area contributed by atoms with Gasteiger partial charge in [0.05, 0.1) is 0 Å². The molecule has 1 N–H and O–H groups in total. The van der Waals surface area contributed by atoms with Crippen LogP contribution in [0.25, 0.3) is 0 Å². The molecule has 0 aliphatic heterocycles. The zero-order valence-electron chi connectivity index (χ0n) is 7.93. The minimum absolute atomic E-state index is 0.187. The molecule has 4 nitrogen and oxygen atoms in total. The Kier molecular flexibility index (Phi) is 2.65. The molecule has 1 aliphatic rings. The Labute approximate surface area is 89.7 Å². The monoisotopic (exact) mass is 232 g/mol. The second-order valence-corrected chi connectivity index (χ2v) is 4.05. The summed E-state index contributed by atoms with van der Waals surface area (Å²) in [6.07, 6.45) is 3.40. The standard InChI is InChI=1S/C9H10ClFN2O2/c10-7-6(11)8(14)13(9(15)12-7)5-3-1-2-4-5/h5H,1-4H2,(H,12,15). The van der Waals surface area contributed by atoms with E-state index >= 15 is 0 Å². The number of aromatic nitrogens is 2. The molecule has 6 heteroatoms. The molecule has 82 valence electrons. The van der Waals surface area contributed by atoms with Crippen molar-refractivity contribution in [3.05, 3.63) is 31.8 Å². The van der Waals surface area contributed by atoms with Gasteiger partial charge >= 0.3 is 5.69 Å². The average molecular weight is 233 g/mol. The second kappa shape index (κ2) is 3.81. The largest absolute Gasteiger partial charge is 0.329 e. The highest BCUT2D eigenvalue weighted by molar-refractivity contribution is 6.29. The minimum Gasteiger partial charge on any atom is -0.295 e. The van der Waals surface area contributed by atoms with Gasteiger partial charge in [-0.3, -0.25) is 14.3 Å². The molecule has 0 amide bonds. The smallest absolute Gasteiger partial charge is 0.295 e. The van der Waals surface area contributed by atoms with Crippen LogP contribution < -0.4 is 11.2 Å². The Morgan fingerprint density at radius 1 is 1.33 bits per heavy atom. The molecular weight excluding hydrogens is 223 g/mol. The first-order valence-electron chi connectivity index (χ1n) is 4.81. The fourth-order valence-corrected chi connectivity index (χ4v) is 2.16. The summed E-state index contributed by atoms with van der Waals surface area (Å²) in [4.78, 5) is 25.1. The van der Waals surface area contributed by atoms with Gasteiger partial charge in [-0.05, 0) is 12.8 Å². The predicted molar refractivity (Wildman–Crippen MR) is 53.8 cm³/mol. The number of nitrogens with one attached hydrogen (secondary N) is 1. The third kappa shape index (κ3) is 1.71. The summed E-state index contributed by atoms with van der Waals surface area (Å²) in [5.41, 5.74) is -1.55. The van der Waals surface area contributed by atoms with Crippen molar-refractivity contribution in [1.29, 1.82) is 0 Å². The summed E-state index contributed by atoms with van der Waals surface area (Å²) >= 11 is 5.35. The number of aromatic amines is 1. The average Bonchev–Trinajstić information content (AvgIpc) is 2.68. The van der Waals surface area contributed by atoms with Crippen molar-refractivity contribution in [2.24, 2.45) is 0 Å². The normalized spacial score (nSPS) is 17.2. The van der Waals surface area contributed by atoms with E-state index in [2.05, 4.69) is 4.98 Å². The molecule has 0 unspecified atom stereocenters. The van der Waals surface area contributed by atoms with E-state index in [1.54, 1.807) is 0 Å². The first-order chi connectivity index (χ1) is 7.11. The predicted octanol–water partition coefficient (Wildman–Crippen LogP) is 1.44. The van der Waals surface area contributed by atoms with E-state index in [-0.39, 0.29) is 6.04 Å². The lowest BCUT2D eigenvalue weighted by atomic mass is 10.2. The van der Waals surface area contributed by atoms with Gasteiger partial charge in [-0.2, -0.15) is 4.39 Å². The summed E-state index contributed by atoms with van der Waals surface area (Å²) in [5.74, 6) is -1.08. The summed E-state index contributed by atoms with van der Waals surface area (Å²) in [5, 5.41) is -0.515. The van der Waals surface area contributed by atoms with Gasteiger partial charge in [-0.25, -0.2) is 4.79 Å². The van der Waals surface area contributed by atoms with E-state index in [0.29, 0.717) is 0 Å². The molecule has 15 heavy (non-hydrogen) atoms. The molecule has 0 saturated heterocycles. The Balaban J connectivity index is 2.60. The van der Waals surface area contributed by atoms with Crippen molar-refractivity contribution in [3.8, 4) is 0 Å². The van der Waals surface area contributed by atoms with Crippen LogP contribution in [0.2, 0.25) is 5.15 Å². The molecule has 1 fully saturated rings. The topological polar surface area (TPSA) is 54.9 Å². The van der Waals surface area contributed by atoms with E-state index < -0.39 is 22.2 Å². The van der Waals surface area contributed by atoms with E-state index in [9.17, 15) is 14.0 Å². The van der Waals surface area contributed by atoms with Gasteiger partial charge in [0, 0.05) is 6.04 Å². The maximum absolute atomic E-state index is 13.2. The Morgan fingerprint density at radius 2 is 1.93 bits per heavy atom. The number of halogens is 2. The maximum Gasteiger partial charge on any atom is 0.329 e. The summed E-state index contributed by atoms with van der Waals surface area (Å²) in [7, 11) is 0. The lowest BCUT2D eigenvalue weighted by Gasteiger charge is -2.11. The van der Waals surface area contributed by atoms with E-state index in [1.807, 2.05) is 0 Å². The van der Waals surface area contributed by atoms with Gasteiger partial charge in [-0.1, -0.05) is 24.4 Å². The Bertz CT molecular complexity index is 488. The van der Waals surface area contributed by atoms with Crippen molar-refractivity contribution in [2.45, 2.75) is 31.7 Å². The van der Waals surface area contributed by atoms with Crippen LogP contribution in [0, 0.1) is 5.82 Å². The highest BCUT2D eigenvalue weighted by Gasteiger charge is 2.22. The third-order valence-corrected chi connectivity index (χ3v) is 2.99. The second-order valence-electron chi connectivity index (χ2n) is 3.67. The molecule has 2 rings (SSSR count). The van der Waals surface area contributed by atoms with Crippen LogP contribution >= 0.6 is 11.6 Å².